The number of aryl methyl sites for hydroxylation is 1. The maximum absolute atomic E-state index is 2.46. The lowest BCUT2D eigenvalue weighted by Crippen LogP contribution is -2.33. The molecule has 0 fully saturated rings. The lowest BCUT2D eigenvalue weighted by Gasteiger charge is -2.43. The van der Waals surface area contributed by atoms with Gasteiger partial charge in [0.15, 0.2) is 0 Å². The molecule has 5 rings (SSSR count). The van der Waals surface area contributed by atoms with Crippen LogP contribution in [-0.4, -0.2) is 0 Å². The molecular formula is C20H17N. The zero-order valence-electron chi connectivity index (χ0n) is 12.4. The van der Waals surface area contributed by atoms with Crippen LogP contribution < -0.4 is 4.90 Å². The summed E-state index contributed by atoms with van der Waals surface area (Å²) in [7, 11) is 0. The van der Waals surface area contributed by atoms with E-state index in [-0.39, 0.29) is 0 Å². The molecule has 0 bridgehead atoms. The van der Waals surface area contributed by atoms with Crippen molar-refractivity contribution in [1.82, 2.24) is 0 Å². The molecular weight excluding hydrogens is 254 g/mol. The van der Waals surface area contributed by atoms with Crippen molar-refractivity contribution >= 4 is 16.8 Å². The number of hydrogen-bond donors (Lipinski definition) is 0. The maximum Gasteiger partial charge on any atom is 0.0781 e. The fourth-order valence-corrected chi connectivity index (χ4v) is 4.10. The number of allylic oxidation sites excluding steroid dienone is 2. The number of anilines is 1. The van der Waals surface area contributed by atoms with Crippen LogP contribution in [0.4, 0.5) is 5.69 Å². The maximum atomic E-state index is 2.46. The Morgan fingerprint density at radius 3 is 2.86 bits per heavy atom. The zero-order valence-corrected chi connectivity index (χ0v) is 12.4. The zero-order chi connectivity index (χ0) is 14.1. The number of hydrogen-bond acceptors (Lipinski definition) is 1. The lowest BCUT2D eigenvalue weighted by molar-refractivity contribution is 0.798. The van der Waals surface area contributed by atoms with Crippen LogP contribution in [0, 0.1) is 6.92 Å². The third-order valence-electron chi connectivity index (χ3n) is 5.03. The second-order valence-corrected chi connectivity index (χ2v) is 6.44. The Kier molecular flexibility index (Phi) is 1.99. The van der Waals surface area contributed by atoms with E-state index < -0.39 is 0 Å². The molecule has 2 aromatic rings. The minimum absolute atomic E-state index is 0.359. The van der Waals surface area contributed by atoms with Crippen LogP contribution >= 0.6 is 0 Å². The summed E-state index contributed by atoms with van der Waals surface area (Å²) in [5, 5.41) is 0. The van der Waals surface area contributed by atoms with Crippen molar-refractivity contribution in [1.29, 1.82) is 0 Å². The summed E-state index contributed by atoms with van der Waals surface area (Å²) < 4.78 is 0. The van der Waals surface area contributed by atoms with Crippen molar-refractivity contribution in [3.8, 4) is 0 Å². The molecule has 1 atom stereocenters. The molecule has 0 spiro atoms. The van der Waals surface area contributed by atoms with E-state index in [4.69, 9.17) is 0 Å². The molecule has 2 aromatic carbocycles. The fraction of sp³-hybridized carbons (Fsp3) is 0.200. The van der Waals surface area contributed by atoms with Gasteiger partial charge in [-0.3, -0.25) is 0 Å². The smallest absolute Gasteiger partial charge is 0.0781 e. The van der Waals surface area contributed by atoms with Gasteiger partial charge < -0.3 is 4.90 Å². The molecule has 0 N–H and O–H groups in total. The van der Waals surface area contributed by atoms with Crippen molar-refractivity contribution in [2.45, 2.75) is 26.3 Å². The predicted octanol–water partition coefficient (Wildman–Crippen LogP) is 4.87. The second-order valence-electron chi connectivity index (χ2n) is 6.44. The highest BCUT2D eigenvalue weighted by Crippen LogP contribution is 2.50. The summed E-state index contributed by atoms with van der Waals surface area (Å²) in [5.41, 5.74) is 11.5. The quantitative estimate of drug-likeness (QED) is 0.660. The van der Waals surface area contributed by atoms with E-state index in [0.29, 0.717) is 6.04 Å². The van der Waals surface area contributed by atoms with Crippen LogP contribution in [0.2, 0.25) is 0 Å². The first kappa shape index (κ1) is 11.4. The summed E-state index contributed by atoms with van der Waals surface area (Å²) in [4.78, 5) is 2.46. The molecule has 2 heterocycles. The van der Waals surface area contributed by atoms with E-state index in [1.807, 2.05) is 0 Å². The van der Waals surface area contributed by atoms with Gasteiger partial charge in [0, 0.05) is 23.9 Å². The molecule has 2 aliphatic heterocycles. The van der Waals surface area contributed by atoms with Crippen molar-refractivity contribution in [2.24, 2.45) is 0 Å². The second kappa shape index (κ2) is 3.67. The van der Waals surface area contributed by atoms with Crippen molar-refractivity contribution < 1.29 is 0 Å². The van der Waals surface area contributed by atoms with Crippen molar-refractivity contribution in [3.05, 3.63) is 76.5 Å². The molecule has 0 aromatic heterocycles. The predicted molar refractivity (Wildman–Crippen MR) is 88.2 cm³/mol. The molecule has 1 heteroatoms. The molecule has 3 aliphatic rings. The Hall–Kier alpha value is -2.28. The summed E-state index contributed by atoms with van der Waals surface area (Å²) in [6, 6.07) is 13.8. The van der Waals surface area contributed by atoms with Gasteiger partial charge in [-0.1, -0.05) is 42.0 Å². The molecule has 102 valence electrons. The minimum atomic E-state index is 0.359. The van der Waals surface area contributed by atoms with E-state index in [1.54, 1.807) is 0 Å². The van der Waals surface area contributed by atoms with Gasteiger partial charge >= 0.3 is 0 Å². The van der Waals surface area contributed by atoms with Crippen molar-refractivity contribution in [2.75, 3.05) is 4.90 Å². The van der Waals surface area contributed by atoms with E-state index in [9.17, 15) is 0 Å². The standard InChI is InChI=1S/C20H17N/c1-12-7-14-10-15-11-21-18-6-4-3-5-16(18)13(2)9-19(21)17(8-12)20(14)15/h3-9,11,19H,10H2,1-2H3. The molecule has 1 aliphatic carbocycles. The lowest BCUT2D eigenvalue weighted by atomic mass is 9.74. The van der Waals surface area contributed by atoms with E-state index in [1.165, 1.54) is 44.7 Å². The van der Waals surface area contributed by atoms with Gasteiger partial charge in [0.25, 0.3) is 0 Å². The Morgan fingerprint density at radius 1 is 1.10 bits per heavy atom. The van der Waals surface area contributed by atoms with Crippen LogP contribution in [0.5, 0.6) is 0 Å². The van der Waals surface area contributed by atoms with Gasteiger partial charge in [-0.2, -0.15) is 0 Å². The van der Waals surface area contributed by atoms with Crippen LogP contribution in [0.3, 0.4) is 0 Å². The number of para-hydroxylation sites is 1. The average Bonchev–Trinajstić information content (AvgIpc) is 2.46. The molecule has 0 radical (unpaired) electrons. The summed E-state index contributed by atoms with van der Waals surface area (Å²) in [6.07, 6.45) is 5.91. The number of benzene rings is 2. The van der Waals surface area contributed by atoms with Crippen LogP contribution in [-0.2, 0) is 6.42 Å². The summed E-state index contributed by atoms with van der Waals surface area (Å²) in [5.74, 6) is 0. The first-order valence-electron chi connectivity index (χ1n) is 7.63. The van der Waals surface area contributed by atoms with E-state index >= 15 is 0 Å². The normalized spacial score (nSPS) is 20.7. The number of nitrogens with zero attached hydrogens (tertiary/aromatic N) is 1. The molecule has 21 heavy (non-hydrogen) atoms. The minimum Gasteiger partial charge on any atom is -0.336 e. The third kappa shape index (κ3) is 1.36. The first-order valence-corrected chi connectivity index (χ1v) is 7.63. The van der Waals surface area contributed by atoms with E-state index in [0.717, 1.165) is 6.42 Å². The topological polar surface area (TPSA) is 3.24 Å². The fourth-order valence-electron chi connectivity index (χ4n) is 4.10. The van der Waals surface area contributed by atoms with Gasteiger partial charge in [-0.25, -0.2) is 0 Å². The molecule has 0 saturated carbocycles. The Bertz CT molecular complexity index is 854. The van der Waals surface area contributed by atoms with Crippen molar-refractivity contribution in [3.63, 3.8) is 0 Å². The first-order chi connectivity index (χ1) is 10.2. The number of fused-ring (bicyclic) bond motifs is 4. The van der Waals surface area contributed by atoms with Crippen LogP contribution in [0.25, 0.3) is 11.1 Å². The summed E-state index contributed by atoms with van der Waals surface area (Å²) >= 11 is 0. The highest BCUT2D eigenvalue weighted by Gasteiger charge is 2.36. The Labute approximate surface area is 125 Å². The van der Waals surface area contributed by atoms with Gasteiger partial charge in [0.05, 0.1) is 6.04 Å². The van der Waals surface area contributed by atoms with Crippen LogP contribution in [0.15, 0.2) is 48.7 Å². The van der Waals surface area contributed by atoms with Gasteiger partial charge in [0.2, 0.25) is 0 Å². The monoisotopic (exact) mass is 271 g/mol. The Balaban J connectivity index is 1.80. The number of rotatable bonds is 0. The average molecular weight is 271 g/mol. The third-order valence-corrected chi connectivity index (χ3v) is 5.03. The summed E-state index contributed by atoms with van der Waals surface area (Å²) in [6.45, 7) is 4.45. The SMILES string of the molecule is CC1=CC2c3cc(C)cc4c3C(=CN2c2ccccc21)C4. The highest BCUT2D eigenvalue weighted by atomic mass is 15.2. The molecule has 0 amide bonds. The van der Waals surface area contributed by atoms with E-state index in [2.05, 4.69) is 67.4 Å². The Morgan fingerprint density at radius 2 is 1.95 bits per heavy atom. The van der Waals surface area contributed by atoms with Gasteiger partial charge in [0.1, 0.15) is 0 Å². The molecule has 0 saturated heterocycles. The van der Waals surface area contributed by atoms with Gasteiger partial charge in [-0.05, 0) is 47.8 Å². The molecule has 1 nitrogen and oxygen atoms in total. The highest BCUT2D eigenvalue weighted by molar-refractivity contribution is 5.91. The van der Waals surface area contributed by atoms with Crippen LogP contribution in [0.1, 0.15) is 40.8 Å². The largest absolute Gasteiger partial charge is 0.336 e. The molecule has 1 unspecified atom stereocenters. The van der Waals surface area contributed by atoms with Gasteiger partial charge in [-0.15, -0.1) is 0 Å².